The van der Waals surface area contributed by atoms with Gasteiger partial charge >= 0.3 is 0 Å². The van der Waals surface area contributed by atoms with E-state index in [0.717, 1.165) is 24.3 Å². The van der Waals surface area contributed by atoms with Gasteiger partial charge in [0.05, 0.1) is 7.11 Å². The van der Waals surface area contributed by atoms with Crippen LogP contribution in [-0.4, -0.2) is 13.2 Å². The summed E-state index contributed by atoms with van der Waals surface area (Å²) in [5.41, 5.74) is 3.00. The molecule has 0 amide bonds. The van der Waals surface area contributed by atoms with Gasteiger partial charge in [-0.25, -0.2) is 0 Å². The summed E-state index contributed by atoms with van der Waals surface area (Å²) in [5.74, 6) is 2.38. The molecule has 1 aliphatic rings. The largest absolute Gasteiger partial charge is 0.497 e. The van der Waals surface area contributed by atoms with Gasteiger partial charge in [-0.1, -0.05) is 18.1 Å². The van der Waals surface area contributed by atoms with Crippen LogP contribution >= 0.6 is 0 Å². The molecule has 2 heteroatoms. The fourth-order valence-electron chi connectivity index (χ4n) is 2.45. The molecule has 0 unspecified atom stereocenters. The molecule has 2 nitrogen and oxygen atoms in total. The Hall–Kier alpha value is -1.44. The van der Waals surface area contributed by atoms with Crippen LogP contribution in [0.2, 0.25) is 0 Å². The quantitative estimate of drug-likeness (QED) is 0.744. The van der Waals surface area contributed by atoms with Crippen LogP contribution in [0.4, 0.5) is 0 Å². The lowest BCUT2D eigenvalue weighted by molar-refractivity contribution is 0.134. The zero-order valence-corrected chi connectivity index (χ0v) is 11.7. The van der Waals surface area contributed by atoms with Crippen molar-refractivity contribution in [1.29, 1.82) is 0 Å². The van der Waals surface area contributed by atoms with Crippen molar-refractivity contribution in [3.8, 4) is 11.5 Å². The summed E-state index contributed by atoms with van der Waals surface area (Å²) >= 11 is 0. The third-order valence-corrected chi connectivity index (χ3v) is 3.85. The topological polar surface area (TPSA) is 18.5 Å². The molecule has 0 radical (unpaired) electrons. The van der Waals surface area contributed by atoms with Crippen molar-refractivity contribution >= 4 is 0 Å². The van der Waals surface area contributed by atoms with E-state index in [9.17, 15) is 0 Å². The van der Waals surface area contributed by atoms with Crippen molar-refractivity contribution in [2.45, 2.75) is 39.7 Å². The summed E-state index contributed by atoms with van der Waals surface area (Å²) in [4.78, 5) is 0. The maximum absolute atomic E-state index is 6.10. The second-order valence-corrected chi connectivity index (χ2v) is 5.28. The van der Waals surface area contributed by atoms with E-state index in [0.29, 0.717) is 12.0 Å². The minimum atomic E-state index is 0.294. The van der Waals surface area contributed by atoms with Gasteiger partial charge < -0.3 is 9.47 Å². The molecule has 0 saturated carbocycles. The van der Waals surface area contributed by atoms with Crippen molar-refractivity contribution < 1.29 is 9.47 Å². The van der Waals surface area contributed by atoms with Crippen LogP contribution in [0, 0.1) is 5.92 Å². The van der Waals surface area contributed by atoms with Crippen LogP contribution in [0.5, 0.6) is 11.5 Å². The number of methoxy groups -OCH3 is 1. The number of benzene rings is 1. The normalized spacial score (nSPS) is 24.0. The van der Waals surface area contributed by atoms with Crippen molar-refractivity contribution in [3.63, 3.8) is 0 Å². The Bertz CT molecular complexity index is 431. The lowest BCUT2D eigenvalue weighted by Gasteiger charge is -2.31. The van der Waals surface area contributed by atoms with Crippen molar-refractivity contribution in [1.82, 2.24) is 0 Å². The van der Waals surface area contributed by atoms with E-state index >= 15 is 0 Å². The summed E-state index contributed by atoms with van der Waals surface area (Å²) in [5, 5.41) is 0. The van der Waals surface area contributed by atoms with E-state index in [1.807, 2.05) is 24.3 Å². The minimum Gasteiger partial charge on any atom is -0.497 e. The van der Waals surface area contributed by atoms with Crippen molar-refractivity contribution in [2.24, 2.45) is 5.92 Å². The smallest absolute Gasteiger partial charge is 0.120 e. The standard InChI is InChI=1S/C16H22O2/c1-11-9-13(3)16(10-12(11)2)18-15-7-5-14(17-4)6-8-15/h5-8,13,16H,9-10H2,1-4H3/t13-,16-/m0/s1. The van der Waals surface area contributed by atoms with Gasteiger partial charge in [0.25, 0.3) is 0 Å². The molecule has 0 heterocycles. The van der Waals surface area contributed by atoms with Gasteiger partial charge in [-0.3, -0.25) is 0 Å². The van der Waals surface area contributed by atoms with E-state index in [4.69, 9.17) is 9.47 Å². The number of allylic oxidation sites excluding steroid dienone is 1. The van der Waals surface area contributed by atoms with E-state index in [-0.39, 0.29) is 0 Å². The van der Waals surface area contributed by atoms with Gasteiger partial charge in [0.2, 0.25) is 0 Å². The summed E-state index contributed by atoms with van der Waals surface area (Å²) in [6.07, 6.45) is 2.48. The van der Waals surface area contributed by atoms with Gasteiger partial charge in [-0.2, -0.15) is 0 Å². The zero-order valence-electron chi connectivity index (χ0n) is 11.7. The molecular formula is C16H22O2. The van der Waals surface area contributed by atoms with Gasteiger partial charge in [0, 0.05) is 6.42 Å². The van der Waals surface area contributed by atoms with Crippen molar-refractivity contribution in [2.75, 3.05) is 7.11 Å². The molecule has 0 N–H and O–H groups in total. The van der Waals surface area contributed by atoms with Gasteiger partial charge in [-0.15, -0.1) is 0 Å². The average Bonchev–Trinajstić information content (AvgIpc) is 2.37. The lowest BCUT2D eigenvalue weighted by atomic mass is 9.84. The van der Waals surface area contributed by atoms with Crippen molar-refractivity contribution in [3.05, 3.63) is 35.4 Å². The molecular weight excluding hydrogens is 224 g/mol. The van der Waals surface area contributed by atoms with Crippen LogP contribution < -0.4 is 9.47 Å². The Kier molecular flexibility index (Phi) is 3.95. The number of ether oxygens (including phenoxy) is 2. The molecule has 0 aromatic heterocycles. The molecule has 0 aliphatic heterocycles. The van der Waals surface area contributed by atoms with Crippen LogP contribution in [0.25, 0.3) is 0 Å². The molecule has 18 heavy (non-hydrogen) atoms. The maximum atomic E-state index is 6.10. The summed E-state index contributed by atoms with van der Waals surface area (Å²) < 4.78 is 11.2. The molecule has 2 atom stereocenters. The monoisotopic (exact) mass is 246 g/mol. The molecule has 98 valence electrons. The number of rotatable bonds is 3. The van der Waals surface area contributed by atoms with Gasteiger partial charge in [0.1, 0.15) is 17.6 Å². The first-order chi connectivity index (χ1) is 8.60. The number of hydrogen-bond donors (Lipinski definition) is 0. The van der Waals surface area contributed by atoms with Gasteiger partial charge in [0.15, 0.2) is 0 Å². The summed E-state index contributed by atoms with van der Waals surface area (Å²) in [6, 6.07) is 7.84. The van der Waals surface area contributed by atoms with E-state index in [2.05, 4.69) is 20.8 Å². The maximum Gasteiger partial charge on any atom is 0.120 e. The molecule has 0 fully saturated rings. The van der Waals surface area contributed by atoms with Crippen LogP contribution in [0.3, 0.4) is 0 Å². The Labute approximate surface area is 110 Å². The van der Waals surface area contributed by atoms with E-state index in [1.165, 1.54) is 11.1 Å². The SMILES string of the molecule is COc1ccc(O[C@H]2CC(C)=C(C)C[C@@H]2C)cc1. The third-order valence-electron chi connectivity index (χ3n) is 3.85. The Balaban J connectivity index is 2.05. The first-order valence-electron chi connectivity index (χ1n) is 6.56. The zero-order chi connectivity index (χ0) is 13.1. The molecule has 0 bridgehead atoms. The third kappa shape index (κ3) is 2.87. The Morgan fingerprint density at radius 1 is 0.944 bits per heavy atom. The first-order valence-corrected chi connectivity index (χ1v) is 6.56. The van der Waals surface area contributed by atoms with Crippen LogP contribution in [0.15, 0.2) is 35.4 Å². The molecule has 1 aromatic rings. The highest BCUT2D eigenvalue weighted by Gasteiger charge is 2.25. The van der Waals surface area contributed by atoms with E-state index in [1.54, 1.807) is 7.11 Å². The molecule has 0 spiro atoms. The Morgan fingerprint density at radius 2 is 1.50 bits per heavy atom. The second kappa shape index (κ2) is 5.47. The molecule has 1 aromatic carbocycles. The molecule has 2 rings (SSSR count). The highest BCUT2D eigenvalue weighted by molar-refractivity contribution is 5.31. The number of hydrogen-bond acceptors (Lipinski definition) is 2. The highest BCUT2D eigenvalue weighted by Crippen LogP contribution is 2.32. The second-order valence-electron chi connectivity index (χ2n) is 5.28. The summed E-state index contributed by atoms with van der Waals surface area (Å²) in [7, 11) is 1.68. The predicted octanol–water partition coefficient (Wildman–Crippen LogP) is 4.21. The van der Waals surface area contributed by atoms with Gasteiger partial charge in [-0.05, 0) is 50.5 Å². The first kappa shape index (κ1) is 13.0. The Morgan fingerprint density at radius 3 is 2.11 bits per heavy atom. The highest BCUT2D eigenvalue weighted by atomic mass is 16.5. The molecule has 1 aliphatic carbocycles. The average molecular weight is 246 g/mol. The van der Waals surface area contributed by atoms with Crippen LogP contribution in [-0.2, 0) is 0 Å². The van der Waals surface area contributed by atoms with Crippen LogP contribution in [0.1, 0.15) is 33.6 Å². The fourth-order valence-corrected chi connectivity index (χ4v) is 2.45. The minimum absolute atomic E-state index is 0.294. The van der Waals surface area contributed by atoms with E-state index < -0.39 is 0 Å². The predicted molar refractivity (Wildman–Crippen MR) is 74.2 cm³/mol. The lowest BCUT2D eigenvalue weighted by Crippen LogP contribution is -2.29. The fraction of sp³-hybridized carbons (Fsp3) is 0.500. The summed E-state index contributed by atoms with van der Waals surface area (Å²) in [6.45, 7) is 6.71. The molecule has 0 saturated heterocycles.